The number of methoxy groups -OCH3 is 1. The molecule has 1 saturated carbocycles. The van der Waals surface area contributed by atoms with E-state index in [-0.39, 0.29) is 36.7 Å². The second-order valence-electron chi connectivity index (χ2n) is 14.8. The predicted octanol–water partition coefficient (Wildman–Crippen LogP) is 6.87. The van der Waals surface area contributed by atoms with Crippen LogP contribution < -0.4 is 10.2 Å². The van der Waals surface area contributed by atoms with Crippen molar-refractivity contribution >= 4 is 34.5 Å². The van der Waals surface area contributed by atoms with Crippen LogP contribution in [-0.4, -0.2) is 72.2 Å². The zero-order valence-corrected chi connectivity index (χ0v) is 30.8. The molecule has 9 rings (SSSR count). The van der Waals surface area contributed by atoms with E-state index in [1.165, 1.54) is 13.2 Å². The summed E-state index contributed by atoms with van der Waals surface area (Å²) in [5.74, 6) is -1.74. The summed E-state index contributed by atoms with van der Waals surface area (Å²) in [6.07, 6.45) is 6.06. The second-order valence-corrected chi connectivity index (χ2v) is 14.8. The van der Waals surface area contributed by atoms with Gasteiger partial charge in [0.25, 0.3) is 0 Å². The van der Waals surface area contributed by atoms with Crippen molar-refractivity contribution in [3.05, 3.63) is 130 Å². The van der Waals surface area contributed by atoms with Gasteiger partial charge in [0.15, 0.2) is 11.6 Å². The lowest BCUT2D eigenvalue weighted by atomic mass is 9.90. The number of anilines is 1. The molecule has 13 heteroatoms. The van der Waals surface area contributed by atoms with E-state index in [4.69, 9.17) is 29.2 Å². The Morgan fingerprint density at radius 1 is 0.982 bits per heavy atom. The van der Waals surface area contributed by atoms with Crippen LogP contribution in [0.4, 0.5) is 19.4 Å². The summed E-state index contributed by atoms with van der Waals surface area (Å²) >= 11 is 0. The summed E-state index contributed by atoms with van der Waals surface area (Å²) in [6, 6.07) is 20.5. The van der Waals surface area contributed by atoms with Gasteiger partial charge in [-0.05, 0) is 66.8 Å². The number of amides is 1. The number of rotatable bonds is 9. The van der Waals surface area contributed by atoms with Crippen LogP contribution in [0.1, 0.15) is 70.2 Å². The number of hydrogen-bond acceptors (Lipinski definition) is 10. The molecule has 11 nitrogen and oxygen atoms in total. The molecule has 2 saturated heterocycles. The molecule has 286 valence electrons. The third-order valence-electron chi connectivity index (χ3n) is 11.9. The molecule has 1 amide bonds. The van der Waals surface area contributed by atoms with Gasteiger partial charge in [0.2, 0.25) is 0 Å². The van der Waals surface area contributed by atoms with Crippen molar-refractivity contribution in [2.45, 2.75) is 49.9 Å². The number of esters is 1. The van der Waals surface area contributed by atoms with Gasteiger partial charge >= 0.3 is 12.1 Å². The van der Waals surface area contributed by atoms with Gasteiger partial charge in [-0.2, -0.15) is 0 Å². The number of piperidine rings is 1. The highest BCUT2D eigenvalue weighted by atomic mass is 19.2. The molecular formula is C43H40F2N6O5. The molecule has 5 aromatic rings. The lowest BCUT2D eigenvalue weighted by molar-refractivity contribution is 0.000425. The van der Waals surface area contributed by atoms with Gasteiger partial charge in [-0.3, -0.25) is 9.98 Å². The quantitative estimate of drug-likeness (QED) is 0.160. The smallest absolute Gasteiger partial charge is 0.407 e. The Hall–Kier alpha value is -5.82. The number of pyridine rings is 1. The topological polar surface area (TPSA) is 128 Å². The third kappa shape index (κ3) is 6.23. The summed E-state index contributed by atoms with van der Waals surface area (Å²) in [5.41, 5.74) is 3.90. The number of carbonyl (C=O) groups excluding carboxylic acids is 2. The highest BCUT2D eigenvalue weighted by Gasteiger charge is 2.67. The third-order valence-corrected chi connectivity index (χ3v) is 11.9. The molecule has 1 aliphatic carbocycles. The lowest BCUT2D eigenvalue weighted by Gasteiger charge is -2.29. The molecule has 2 unspecified atom stereocenters. The number of hydrogen-bond donors (Lipinski definition) is 1. The van der Waals surface area contributed by atoms with Crippen molar-refractivity contribution in [1.29, 1.82) is 0 Å². The standard InChI is InChI=1S/C43H40F2N6O5/c1-54-41(52)28-16-15-27(26-11-8-18-46-36(26)28)37-39-40(38(50-37)33-14-5-6-20-55-33)49-34(21-47-39)51-19-17-29-31(22-51)43(29,30-12-7-13-32(44)35(30)45)24-48-42(53)56-23-25-9-3-2-4-10-25/h2-4,7-13,15-16,18,21,29,31,33,38H,5-6,14,17,19-20,22-24H2,1H3,(H,48,53)/t29-,31+,33?,38?,43-/m1/s1. The van der Waals surface area contributed by atoms with Crippen molar-refractivity contribution in [2.24, 2.45) is 16.8 Å². The molecule has 0 spiro atoms. The lowest BCUT2D eigenvalue weighted by Crippen LogP contribution is -2.36. The first-order valence-electron chi connectivity index (χ1n) is 19.0. The summed E-state index contributed by atoms with van der Waals surface area (Å²) in [4.78, 5) is 47.7. The van der Waals surface area contributed by atoms with Gasteiger partial charge in [-0.15, -0.1) is 0 Å². The summed E-state index contributed by atoms with van der Waals surface area (Å²) in [6.45, 7) is 1.93. The largest absolute Gasteiger partial charge is 0.465 e. The van der Waals surface area contributed by atoms with Gasteiger partial charge < -0.3 is 24.4 Å². The van der Waals surface area contributed by atoms with Gasteiger partial charge in [-0.1, -0.05) is 54.6 Å². The van der Waals surface area contributed by atoms with E-state index < -0.39 is 35.2 Å². The average Bonchev–Trinajstić information content (AvgIpc) is 3.73. The van der Waals surface area contributed by atoms with Crippen molar-refractivity contribution in [2.75, 3.05) is 38.3 Å². The molecule has 4 aliphatic rings. The maximum absolute atomic E-state index is 15.6. The highest BCUT2D eigenvalue weighted by Crippen LogP contribution is 2.64. The van der Waals surface area contributed by atoms with Crippen molar-refractivity contribution in [3.8, 4) is 0 Å². The fourth-order valence-corrected chi connectivity index (χ4v) is 9.12. The molecule has 2 aromatic heterocycles. The Bertz CT molecular complexity index is 2350. The first-order valence-corrected chi connectivity index (χ1v) is 19.0. The Labute approximate surface area is 322 Å². The average molecular weight is 759 g/mol. The van der Waals surface area contributed by atoms with Crippen molar-refractivity contribution in [3.63, 3.8) is 0 Å². The van der Waals surface area contributed by atoms with Gasteiger partial charge in [0.05, 0.1) is 41.9 Å². The number of nitrogens with one attached hydrogen (secondary N) is 1. The van der Waals surface area contributed by atoms with Crippen LogP contribution in [0.15, 0.2) is 90.2 Å². The molecule has 0 radical (unpaired) electrons. The van der Waals surface area contributed by atoms with Crippen LogP contribution in [0.2, 0.25) is 0 Å². The van der Waals surface area contributed by atoms with Crippen LogP contribution in [0.5, 0.6) is 0 Å². The van der Waals surface area contributed by atoms with E-state index in [0.29, 0.717) is 60.1 Å². The molecule has 3 aliphatic heterocycles. The fraction of sp³-hybridized carbons (Fsp3) is 0.349. The molecule has 3 fully saturated rings. The first kappa shape index (κ1) is 35.9. The number of aliphatic imine (C=N–C) groups is 1. The normalized spacial score (nSPS) is 23.8. The fourth-order valence-electron chi connectivity index (χ4n) is 9.12. The Kier molecular flexibility index (Phi) is 9.40. The minimum atomic E-state index is -0.922. The Balaban J connectivity index is 1.02. The molecule has 0 bridgehead atoms. The molecule has 3 aromatic carbocycles. The van der Waals surface area contributed by atoms with E-state index >= 15 is 4.39 Å². The number of aromatic nitrogens is 3. The predicted molar refractivity (Wildman–Crippen MR) is 204 cm³/mol. The number of alkyl carbamates (subject to hydrolysis) is 1. The van der Waals surface area contributed by atoms with Crippen molar-refractivity contribution < 1.29 is 32.6 Å². The number of nitrogens with zero attached hydrogens (tertiary/aromatic N) is 5. The first-order chi connectivity index (χ1) is 27.4. The summed E-state index contributed by atoms with van der Waals surface area (Å²) in [5, 5.41) is 3.62. The van der Waals surface area contributed by atoms with Crippen LogP contribution >= 0.6 is 0 Å². The number of benzene rings is 3. The molecular weight excluding hydrogens is 719 g/mol. The van der Waals surface area contributed by atoms with Crippen LogP contribution in [0, 0.1) is 23.5 Å². The molecule has 5 atom stereocenters. The zero-order chi connectivity index (χ0) is 38.4. The van der Waals surface area contributed by atoms with E-state index in [2.05, 4.69) is 15.2 Å². The van der Waals surface area contributed by atoms with Gasteiger partial charge in [0, 0.05) is 48.8 Å². The van der Waals surface area contributed by atoms with Crippen LogP contribution in [0.25, 0.3) is 10.9 Å². The van der Waals surface area contributed by atoms with Crippen LogP contribution in [-0.2, 0) is 26.2 Å². The maximum Gasteiger partial charge on any atom is 0.407 e. The molecule has 5 heterocycles. The number of fused-ring (bicyclic) bond motifs is 3. The van der Waals surface area contributed by atoms with Crippen molar-refractivity contribution in [1.82, 2.24) is 20.3 Å². The summed E-state index contributed by atoms with van der Waals surface area (Å²) in [7, 11) is 1.34. The van der Waals surface area contributed by atoms with Gasteiger partial charge in [0.1, 0.15) is 24.2 Å². The monoisotopic (exact) mass is 758 g/mol. The van der Waals surface area contributed by atoms with E-state index in [9.17, 15) is 14.0 Å². The highest BCUT2D eigenvalue weighted by molar-refractivity contribution is 6.21. The second kappa shape index (κ2) is 14.7. The van der Waals surface area contributed by atoms with Crippen LogP contribution in [0.3, 0.4) is 0 Å². The Morgan fingerprint density at radius 2 is 1.86 bits per heavy atom. The Morgan fingerprint density at radius 3 is 2.68 bits per heavy atom. The maximum atomic E-state index is 15.6. The van der Waals surface area contributed by atoms with E-state index in [1.807, 2.05) is 48.5 Å². The number of ether oxygens (including phenoxy) is 3. The molecule has 56 heavy (non-hydrogen) atoms. The minimum absolute atomic E-state index is 0.0000325. The van der Waals surface area contributed by atoms with E-state index in [1.54, 1.807) is 24.5 Å². The molecule has 1 N–H and O–H groups in total. The zero-order valence-electron chi connectivity index (χ0n) is 30.8. The van der Waals surface area contributed by atoms with E-state index in [0.717, 1.165) is 41.8 Å². The van der Waals surface area contributed by atoms with Gasteiger partial charge in [-0.25, -0.2) is 28.3 Å². The summed E-state index contributed by atoms with van der Waals surface area (Å²) < 4.78 is 47.1. The minimum Gasteiger partial charge on any atom is -0.465 e. The number of carbonyl (C=O) groups is 2. The number of halogens is 2. The SMILES string of the molecule is COC(=O)c1ccc(C2=NC(C3CCCCO3)c3nc(N4CC[C@@H]5[C@H](C4)[C@@]5(CNC(=O)OCc4ccccc4)c4cccc(F)c4F)cnc32)c2cccnc12.